The molecule has 0 heterocycles. The van der Waals surface area contributed by atoms with Crippen molar-refractivity contribution in [2.75, 3.05) is 13.7 Å². The van der Waals surface area contributed by atoms with Gasteiger partial charge in [-0.15, -0.1) is 0 Å². The zero-order chi connectivity index (χ0) is 12.8. The van der Waals surface area contributed by atoms with Crippen LogP contribution in [0.15, 0.2) is 23.4 Å². The second-order valence-corrected chi connectivity index (χ2v) is 3.71. The zero-order valence-electron chi connectivity index (χ0n) is 10.2. The van der Waals surface area contributed by atoms with E-state index in [1.807, 2.05) is 0 Å². The molecule has 0 fully saturated rings. The van der Waals surface area contributed by atoms with Gasteiger partial charge in [-0.05, 0) is 26.0 Å². The molecule has 5 nitrogen and oxygen atoms in total. The molecule has 1 rings (SSSR count). The topological polar surface area (TPSA) is 71.3 Å². The summed E-state index contributed by atoms with van der Waals surface area (Å²) < 4.78 is 10.5. The Morgan fingerprint density at radius 2 is 2.18 bits per heavy atom. The van der Waals surface area contributed by atoms with E-state index in [-0.39, 0.29) is 6.61 Å². The van der Waals surface area contributed by atoms with Crippen LogP contribution in [0.2, 0.25) is 0 Å². The van der Waals surface area contributed by atoms with Crippen molar-refractivity contribution in [3.05, 3.63) is 23.8 Å². The van der Waals surface area contributed by atoms with Crippen molar-refractivity contribution in [2.45, 2.75) is 20.0 Å². The second-order valence-electron chi connectivity index (χ2n) is 3.71. The average Bonchev–Trinajstić information content (AvgIpc) is 2.34. The summed E-state index contributed by atoms with van der Waals surface area (Å²) in [6.07, 6.45) is -0.569. The van der Waals surface area contributed by atoms with Crippen LogP contribution in [0.3, 0.4) is 0 Å². The van der Waals surface area contributed by atoms with Gasteiger partial charge in [0.15, 0.2) is 0 Å². The van der Waals surface area contributed by atoms with Crippen molar-refractivity contribution >= 4 is 5.71 Å². The smallest absolute Gasteiger partial charge is 0.132 e. The number of aliphatic hydroxyl groups is 1. The van der Waals surface area contributed by atoms with E-state index in [0.29, 0.717) is 22.8 Å². The van der Waals surface area contributed by atoms with E-state index in [1.54, 1.807) is 39.2 Å². The predicted molar refractivity (Wildman–Crippen MR) is 64.2 cm³/mol. The number of oxime groups is 1. The van der Waals surface area contributed by atoms with Gasteiger partial charge >= 0.3 is 0 Å². The number of nitrogens with zero attached hydrogens (tertiary/aromatic N) is 1. The van der Waals surface area contributed by atoms with E-state index < -0.39 is 6.10 Å². The SMILES string of the molecule is COc1ccc(/C(C)=N/O)c(OCC(C)O)c1. The Labute approximate surface area is 100 Å². The molecule has 0 aliphatic carbocycles. The number of ether oxygens (including phenoxy) is 2. The monoisotopic (exact) mass is 239 g/mol. The lowest BCUT2D eigenvalue weighted by molar-refractivity contribution is 0.122. The summed E-state index contributed by atoms with van der Waals surface area (Å²) in [6.45, 7) is 3.46. The molecule has 0 spiro atoms. The highest BCUT2D eigenvalue weighted by Crippen LogP contribution is 2.25. The van der Waals surface area contributed by atoms with Crippen molar-refractivity contribution in [1.82, 2.24) is 0 Å². The Bertz CT molecular complexity index is 401. The van der Waals surface area contributed by atoms with Gasteiger partial charge in [0.2, 0.25) is 0 Å². The van der Waals surface area contributed by atoms with Crippen molar-refractivity contribution < 1.29 is 19.8 Å². The molecule has 5 heteroatoms. The molecule has 94 valence electrons. The first-order chi connectivity index (χ1) is 8.08. The summed E-state index contributed by atoms with van der Waals surface area (Å²) in [6, 6.07) is 5.18. The molecule has 1 atom stereocenters. The molecule has 0 aliphatic rings. The third-order valence-corrected chi connectivity index (χ3v) is 2.21. The number of rotatable bonds is 5. The molecule has 0 saturated carbocycles. The summed E-state index contributed by atoms with van der Waals surface area (Å²) in [5.41, 5.74) is 1.10. The maximum Gasteiger partial charge on any atom is 0.132 e. The Kier molecular flexibility index (Phi) is 4.78. The maximum absolute atomic E-state index is 9.19. The zero-order valence-corrected chi connectivity index (χ0v) is 10.2. The van der Waals surface area contributed by atoms with Crippen LogP contribution in [0, 0.1) is 0 Å². The van der Waals surface area contributed by atoms with E-state index >= 15 is 0 Å². The average molecular weight is 239 g/mol. The quantitative estimate of drug-likeness (QED) is 0.465. The Hall–Kier alpha value is -1.75. The molecule has 0 aromatic heterocycles. The van der Waals surface area contributed by atoms with Crippen LogP contribution in [0.5, 0.6) is 11.5 Å². The second kappa shape index (κ2) is 6.10. The van der Waals surface area contributed by atoms with Gasteiger partial charge in [0.25, 0.3) is 0 Å². The number of methoxy groups -OCH3 is 1. The standard InChI is InChI=1S/C12H17NO4/c1-8(14)7-17-12-6-10(16-3)4-5-11(12)9(2)13-15/h4-6,8,14-15H,7H2,1-3H3/b13-9+. The van der Waals surface area contributed by atoms with Gasteiger partial charge in [0.05, 0.1) is 18.9 Å². The van der Waals surface area contributed by atoms with Crippen LogP contribution in [-0.4, -0.2) is 35.8 Å². The van der Waals surface area contributed by atoms with Gasteiger partial charge in [0, 0.05) is 11.6 Å². The van der Waals surface area contributed by atoms with Crippen LogP contribution in [-0.2, 0) is 0 Å². The van der Waals surface area contributed by atoms with Gasteiger partial charge < -0.3 is 19.8 Å². The van der Waals surface area contributed by atoms with E-state index in [4.69, 9.17) is 14.7 Å². The summed E-state index contributed by atoms with van der Waals surface area (Å²) in [7, 11) is 1.56. The third kappa shape index (κ3) is 3.64. The largest absolute Gasteiger partial charge is 0.497 e. The molecule has 2 N–H and O–H groups in total. The van der Waals surface area contributed by atoms with E-state index in [0.717, 1.165) is 0 Å². The van der Waals surface area contributed by atoms with Crippen LogP contribution in [0.4, 0.5) is 0 Å². The van der Waals surface area contributed by atoms with Crippen LogP contribution < -0.4 is 9.47 Å². The van der Waals surface area contributed by atoms with Crippen molar-refractivity contribution in [3.63, 3.8) is 0 Å². The van der Waals surface area contributed by atoms with Crippen LogP contribution in [0.25, 0.3) is 0 Å². The van der Waals surface area contributed by atoms with E-state index in [9.17, 15) is 5.11 Å². The molecule has 1 aromatic carbocycles. The summed E-state index contributed by atoms with van der Waals surface area (Å²) in [4.78, 5) is 0. The first kappa shape index (κ1) is 13.3. The number of aliphatic hydroxyl groups excluding tert-OH is 1. The Balaban J connectivity index is 3.03. The Morgan fingerprint density at radius 1 is 1.47 bits per heavy atom. The number of benzene rings is 1. The number of hydrogen-bond donors (Lipinski definition) is 2. The van der Waals surface area contributed by atoms with Gasteiger partial charge in [0.1, 0.15) is 18.1 Å². The lowest BCUT2D eigenvalue weighted by Crippen LogP contribution is -2.14. The number of hydrogen-bond acceptors (Lipinski definition) is 5. The van der Waals surface area contributed by atoms with Gasteiger partial charge in [-0.25, -0.2) is 0 Å². The fourth-order valence-electron chi connectivity index (χ4n) is 1.31. The molecular formula is C12H17NO4. The molecule has 1 unspecified atom stereocenters. The van der Waals surface area contributed by atoms with Crippen LogP contribution in [0.1, 0.15) is 19.4 Å². The highest BCUT2D eigenvalue weighted by atomic mass is 16.5. The highest BCUT2D eigenvalue weighted by Gasteiger charge is 2.10. The van der Waals surface area contributed by atoms with Crippen LogP contribution >= 0.6 is 0 Å². The third-order valence-electron chi connectivity index (χ3n) is 2.21. The molecule has 0 bridgehead atoms. The first-order valence-electron chi connectivity index (χ1n) is 5.26. The fraction of sp³-hybridized carbons (Fsp3) is 0.417. The predicted octanol–water partition coefficient (Wildman–Crippen LogP) is 1.65. The van der Waals surface area contributed by atoms with E-state index in [2.05, 4.69) is 5.16 Å². The Morgan fingerprint density at radius 3 is 2.71 bits per heavy atom. The van der Waals surface area contributed by atoms with Gasteiger partial charge in [-0.2, -0.15) is 0 Å². The van der Waals surface area contributed by atoms with Crippen molar-refractivity contribution in [2.24, 2.45) is 5.16 Å². The summed E-state index contributed by atoms with van der Waals surface area (Å²) in [5.74, 6) is 1.15. The fourth-order valence-corrected chi connectivity index (χ4v) is 1.31. The molecule has 0 aliphatic heterocycles. The minimum atomic E-state index is -0.569. The summed E-state index contributed by atoms with van der Waals surface area (Å²) >= 11 is 0. The highest BCUT2D eigenvalue weighted by molar-refractivity contribution is 6.00. The molecular weight excluding hydrogens is 222 g/mol. The molecule has 1 aromatic rings. The lowest BCUT2D eigenvalue weighted by Gasteiger charge is -2.13. The van der Waals surface area contributed by atoms with E-state index in [1.165, 1.54) is 0 Å². The molecule has 0 saturated heterocycles. The molecule has 0 amide bonds. The minimum absolute atomic E-state index is 0.166. The first-order valence-corrected chi connectivity index (χ1v) is 5.26. The van der Waals surface area contributed by atoms with Gasteiger partial charge in [-0.3, -0.25) is 0 Å². The van der Waals surface area contributed by atoms with Gasteiger partial charge in [-0.1, -0.05) is 5.16 Å². The molecule has 17 heavy (non-hydrogen) atoms. The molecule has 0 radical (unpaired) electrons. The lowest BCUT2D eigenvalue weighted by atomic mass is 10.1. The summed E-state index contributed by atoms with van der Waals surface area (Å²) in [5, 5.41) is 21.1. The maximum atomic E-state index is 9.19. The van der Waals surface area contributed by atoms with Crippen molar-refractivity contribution in [3.8, 4) is 11.5 Å². The minimum Gasteiger partial charge on any atom is -0.497 e. The normalized spacial score (nSPS) is 13.3. The van der Waals surface area contributed by atoms with Crippen molar-refractivity contribution in [1.29, 1.82) is 0 Å².